The maximum absolute atomic E-state index is 5.80. The van der Waals surface area contributed by atoms with Crippen LogP contribution in [0, 0.1) is 5.41 Å². The van der Waals surface area contributed by atoms with Gasteiger partial charge >= 0.3 is 8.80 Å². The zero-order chi connectivity index (χ0) is 15.4. The van der Waals surface area contributed by atoms with Gasteiger partial charge in [0.25, 0.3) is 0 Å². The Balaban J connectivity index is 0. The van der Waals surface area contributed by atoms with Crippen molar-refractivity contribution >= 4 is 30.5 Å². The second-order valence-electron chi connectivity index (χ2n) is 4.85. The molecular weight excluding hydrogens is 305 g/mol. The van der Waals surface area contributed by atoms with Gasteiger partial charge in [-0.3, -0.25) is 0 Å². The van der Waals surface area contributed by atoms with E-state index in [-0.39, 0.29) is 5.41 Å². The highest BCUT2D eigenvalue weighted by Crippen LogP contribution is 2.27. The van der Waals surface area contributed by atoms with Gasteiger partial charge < -0.3 is 19.0 Å². The fourth-order valence-electron chi connectivity index (χ4n) is 1.59. The van der Waals surface area contributed by atoms with E-state index >= 15 is 0 Å². The summed E-state index contributed by atoms with van der Waals surface area (Å²) in [5, 5.41) is 0. The Hall–Kier alpha value is 0.637. The van der Waals surface area contributed by atoms with E-state index in [4.69, 9.17) is 19.0 Å². The molecule has 2 N–H and O–H groups in total. The van der Waals surface area contributed by atoms with Crippen LogP contribution in [0.3, 0.4) is 0 Å². The molecule has 0 rings (SSSR count). The molecule has 0 bridgehead atoms. The first-order valence-electron chi connectivity index (χ1n) is 6.71. The van der Waals surface area contributed by atoms with Crippen molar-refractivity contribution in [2.24, 2.45) is 11.1 Å². The molecule has 0 aliphatic carbocycles. The number of hydrogen-bond acceptors (Lipinski definition) is 4. The summed E-state index contributed by atoms with van der Waals surface area (Å²) in [5.41, 5.74) is 5.87. The van der Waals surface area contributed by atoms with E-state index in [9.17, 15) is 0 Å². The zero-order valence-corrected chi connectivity index (χ0v) is 15.3. The molecule has 0 aliphatic rings. The minimum atomic E-state index is -2.48. The molecule has 0 heterocycles. The van der Waals surface area contributed by atoms with Crippen molar-refractivity contribution < 1.29 is 13.3 Å². The van der Waals surface area contributed by atoms with Gasteiger partial charge in [0.1, 0.15) is 0 Å². The van der Waals surface area contributed by atoms with E-state index < -0.39 is 8.80 Å². The van der Waals surface area contributed by atoms with E-state index in [0.717, 1.165) is 12.5 Å². The maximum Gasteiger partial charge on any atom is 0.500 e. The van der Waals surface area contributed by atoms with Crippen molar-refractivity contribution in [3.8, 4) is 0 Å². The third-order valence-corrected chi connectivity index (χ3v) is 5.80. The third kappa shape index (κ3) is 10.1. The zero-order valence-electron chi connectivity index (χ0n) is 12.8. The van der Waals surface area contributed by atoms with Gasteiger partial charge in [-0.1, -0.05) is 13.8 Å². The van der Waals surface area contributed by atoms with Crippen LogP contribution in [-0.4, -0.2) is 35.2 Å². The quantitative estimate of drug-likeness (QED) is 0.618. The Morgan fingerprint density at radius 1 is 0.947 bits per heavy atom. The van der Waals surface area contributed by atoms with Gasteiger partial charge in [0.05, 0.1) is 0 Å². The maximum atomic E-state index is 5.80. The summed E-state index contributed by atoms with van der Waals surface area (Å²) in [4.78, 5) is 0. The van der Waals surface area contributed by atoms with E-state index in [2.05, 4.69) is 35.6 Å². The molecule has 0 atom stereocenters. The fourth-order valence-corrected chi connectivity index (χ4v) is 4.58. The number of hydrogen-bond donors (Lipinski definition) is 1. The molecule has 0 radical (unpaired) electrons. The topological polar surface area (TPSA) is 53.7 Å². The first-order valence-corrected chi connectivity index (χ1v) is 9.79. The molecule has 0 saturated carbocycles. The molecule has 4 nitrogen and oxygen atoms in total. The van der Waals surface area contributed by atoms with E-state index in [0.29, 0.717) is 26.4 Å². The molecule has 0 fully saturated rings. The molecule has 0 aliphatic heterocycles. The minimum absolute atomic E-state index is 0.115. The van der Waals surface area contributed by atoms with E-state index in [1.807, 2.05) is 20.8 Å². The minimum Gasteiger partial charge on any atom is -0.374 e. The highest BCUT2D eigenvalue weighted by Gasteiger charge is 2.41. The molecule has 0 unspecified atom stereocenters. The monoisotopic (exact) mass is 333 g/mol. The molecule has 7 heteroatoms. The average Bonchev–Trinajstić information content (AvgIpc) is 2.40. The van der Waals surface area contributed by atoms with Crippen LogP contribution in [0.15, 0.2) is 0 Å². The fraction of sp³-hybridized carbons (Fsp3) is 1.00. The molecular formula is C12H29Cl2NO3Si. The highest BCUT2D eigenvalue weighted by atomic mass is 36.5. The lowest BCUT2D eigenvalue weighted by Gasteiger charge is -2.31. The van der Waals surface area contributed by atoms with Gasteiger partial charge in [-0.2, -0.15) is 0 Å². The van der Waals surface area contributed by atoms with Crippen LogP contribution >= 0.6 is 21.7 Å². The molecule has 0 aromatic heterocycles. The smallest absolute Gasteiger partial charge is 0.374 e. The standard InChI is InChI=1S/C12H29NO3Si.Cl2/c1-6-14-17(15-7-2,16-8-3)10-9-12(4,5)11-13;1-2/h6-11,13H2,1-5H3;. The second-order valence-corrected chi connectivity index (χ2v) is 7.58. The van der Waals surface area contributed by atoms with Crippen molar-refractivity contribution in [2.45, 2.75) is 47.1 Å². The Kier molecular flexibility index (Phi) is 14.3. The SMILES string of the molecule is CCO[Si](CCC(C)(C)CN)(OCC)OCC.ClCl. The van der Waals surface area contributed by atoms with E-state index in [1.54, 1.807) is 0 Å². The summed E-state index contributed by atoms with van der Waals surface area (Å²) in [6, 6.07) is 0.840. The van der Waals surface area contributed by atoms with Crippen LogP contribution in [0.4, 0.5) is 0 Å². The number of halogens is 2. The van der Waals surface area contributed by atoms with Gasteiger partial charge in [0, 0.05) is 47.6 Å². The molecule has 0 aromatic rings. The Bertz CT molecular complexity index is 192. The first-order chi connectivity index (χ1) is 8.95. The van der Waals surface area contributed by atoms with Gasteiger partial charge in [-0.25, -0.2) is 0 Å². The molecule has 0 amide bonds. The van der Waals surface area contributed by atoms with Gasteiger partial charge in [-0.05, 0) is 39.2 Å². The predicted octanol–water partition coefficient (Wildman–Crippen LogP) is 3.79. The third-order valence-electron chi connectivity index (χ3n) is 2.75. The van der Waals surface area contributed by atoms with Crippen molar-refractivity contribution in [2.75, 3.05) is 26.4 Å². The summed E-state index contributed by atoms with van der Waals surface area (Å²) in [5.74, 6) is 0. The molecule has 19 heavy (non-hydrogen) atoms. The summed E-state index contributed by atoms with van der Waals surface area (Å²) in [6.45, 7) is 12.8. The normalized spacial score (nSPS) is 12.0. The van der Waals surface area contributed by atoms with Crippen LogP contribution in [0.25, 0.3) is 0 Å². The van der Waals surface area contributed by atoms with Crippen LogP contribution in [-0.2, 0) is 13.3 Å². The molecule has 0 saturated heterocycles. The lowest BCUT2D eigenvalue weighted by molar-refractivity contribution is 0.0679. The number of rotatable bonds is 10. The molecule has 118 valence electrons. The highest BCUT2D eigenvalue weighted by molar-refractivity contribution is 6.85. The summed E-state index contributed by atoms with van der Waals surface area (Å²) in [7, 11) is 5.75. The first kappa shape index (κ1) is 21.9. The van der Waals surface area contributed by atoms with Crippen LogP contribution < -0.4 is 5.73 Å². The molecule has 0 spiro atoms. The van der Waals surface area contributed by atoms with Crippen molar-refractivity contribution in [1.29, 1.82) is 0 Å². The lowest BCUT2D eigenvalue weighted by atomic mass is 9.91. The van der Waals surface area contributed by atoms with Crippen molar-refractivity contribution in [3.05, 3.63) is 0 Å². The van der Waals surface area contributed by atoms with Crippen molar-refractivity contribution in [3.63, 3.8) is 0 Å². The Labute approximate surface area is 128 Å². The van der Waals surface area contributed by atoms with Gasteiger partial charge in [0.15, 0.2) is 0 Å². The summed E-state index contributed by atoms with van der Waals surface area (Å²) >= 11 is 0. The summed E-state index contributed by atoms with van der Waals surface area (Å²) in [6.07, 6.45) is 0.968. The van der Waals surface area contributed by atoms with E-state index in [1.165, 1.54) is 0 Å². The Morgan fingerprint density at radius 3 is 1.58 bits per heavy atom. The average molecular weight is 334 g/mol. The largest absolute Gasteiger partial charge is 0.500 e. The van der Waals surface area contributed by atoms with Gasteiger partial charge in [-0.15, -0.1) is 0 Å². The van der Waals surface area contributed by atoms with Gasteiger partial charge in [0.2, 0.25) is 0 Å². The lowest BCUT2D eigenvalue weighted by Crippen LogP contribution is -2.47. The van der Waals surface area contributed by atoms with Crippen LogP contribution in [0.1, 0.15) is 41.0 Å². The second kappa shape index (κ2) is 12.4. The Morgan fingerprint density at radius 2 is 1.32 bits per heavy atom. The molecule has 0 aromatic carbocycles. The van der Waals surface area contributed by atoms with Crippen LogP contribution in [0.5, 0.6) is 0 Å². The van der Waals surface area contributed by atoms with Crippen molar-refractivity contribution in [1.82, 2.24) is 0 Å². The van der Waals surface area contributed by atoms with Crippen LogP contribution in [0.2, 0.25) is 6.04 Å². The predicted molar refractivity (Wildman–Crippen MR) is 84.6 cm³/mol. The summed E-state index contributed by atoms with van der Waals surface area (Å²) < 4.78 is 17.4. The number of nitrogens with two attached hydrogens (primary N) is 1.